The normalized spacial score (nSPS) is 17.5. The Kier molecular flexibility index (Phi) is 7.29. The van der Waals surface area contributed by atoms with Gasteiger partial charge in [-0.25, -0.2) is 9.75 Å². The maximum absolute atomic E-state index is 12.8. The van der Waals surface area contributed by atoms with Gasteiger partial charge in [-0.15, -0.1) is 5.10 Å². The molecule has 1 aliphatic heterocycles. The van der Waals surface area contributed by atoms with E-state index in [4.69, 9.17) is 16.4 Å². The Labute approximate surface area is 173 Å². The van der Waals surface area contributed by atoms with Crippen molar-refractivity contribution >= 4 is 23.3 Å². The average Bonchev–Trinajstić information content (AvgIpc) is 3.41. The van der Waals surface area contributed by atoms with Crippen molar-refractivity contribution in [3.8, 4) is 5.69 Å². The van der Waals surface area contributed by atoms with Crippen molar-refractivity contribution in [2.45, 2.75) is 57.6 Å². The molecule has 2 heterocycles. The van der Waals surface area contributed by atoms with E-state index in [1.54, 1.807) is 18.2 Å². The Hall–Kier alpha value is -2.36. The number of nitrogens with zero attached hydrogens (tertiary/aromatic N) is 5. The van der Waals surface area contributed by atoms with Crippen molar-refractivity contribution in [2.75, 3.05) is 6.61 Å². The second-order valence-electron chi connectivity index (χ2n) is 6.95. The molecule has 29 heavy (non-hydrogen) atoms. The first-order valence-electron chi connectivity index (χ1n) is 9.69. The molecule has 1 amide bonds. The zero-order valence-electron chi connectivity index (χ0n) is 16.2. The van der Waals surface area contributed by atoms with E-state index in [0.717, 1.165) is 29.2 Å². The van der Waals surface area contributed by atoms with Gasteiger partial charge in [0.25, 0.3) is 5.91 Å². The maximum Gasteiger partial charge on any atom is 0.275 e. The van der Waals surface area contributed by atoms with E-state index in [-0.39, 0.29) is 18.8 Å². The Balaban J connectivity index is 1.66. The number of ketones is 1. The molecule has 1 fully saturated rings. The van der Waals surface area contributed by atoms with Crippen LogP contribution in [0.3, 0.4) is 0 Å². The summed E-state index contributed by atoms with van der Waals surface area (Å²) in [7, 11) is 0. The third-order valence-electron chi connectivity index (χ3n) is 4.89. The number of amides is 1. The van der Waals surface area contributed by atoms with Gasteiger partial charge in [-0.1, -0.05) is 31.4 Å². The maximum atomic E-state index is 12.8. The van der Waals surface area contributed by atoms with Crippen molar-refractivity contribution in [1.29, 1.82) is 0 Å². The monoisotopic (exact) mass is 421 g/mol. The number of Topliss-reactive ketones (excluding diaryl/α,β-unsaturated/α-hetero) is 1. The highest BCUT2D eigenvalue weighted by molar-refractivity contribution is 6.30. The van der Waals surface area contributed by atoms with Crippen LogP contribution in [0.15, 0.2) is 24.5 Å². The van der Waals surface area contributed by atoms with Gasteiger partial charge in [-0.3, -0.25) is 14.4 Å². The number of hydroxylamine groups is 2. The predicted octanol–water partition coefficient (Wildman–Crippen LogP) is 1.90. The molecule has 1 aromatic heterocycles. The molecule has 3 rings (SSSR count). The number of aromatic nitrogens is 4. The summed E-state index contributed by atoms with van der Waals surface area (Å²) < 4.78 is 1.51. The molecule has 0 spiro atoms. The fourth-order valence-corrected chi connectivity index (χ4v) is 3.52. The molecule has 1 saturated heterocycles. The summed E-state index contributed by atoms with van der Waals surface area (Å²) in [5.74, 6) is -0.674. The van der Waals surface area contributed by atoms with Gasteiger partial charge in [0.05, 0.1) is 12.3 Å². The molecule has 2 aromatic rings. The van der Waals surface area contributed by atoms with Gasteiger partial charge in [0.1, 0.15) is 18.5 Å². The Bertz CT molecular complexity index is 845. The molecule has 156 valence electrons. The summed E-state index contributed by atoms with van der Waals surface area (Å²) in [4.78, 5) is 30.6. The third-order valence-corrected chi connectivity index (χ3v) is 5.12. The van der Waals surface area contributed by atoms with Gasteiger partial charge in [0.2, 0.25) is 0 Å². The van der Waals surface area contributed by atoms with Crippen molar-refractivity contribution in [1.82, 2.24) is 25.3 Å². The number of hydrogen-bond donors (Lipinski definition) is 1. The second-order valence-corrected chi connectivity index (χ2v) is 7.39. The molecule has 1 aromatic carbocycles. The van der Waals surface area contributed by atoms with Crippen LogP contribution in [-0.4, -0.2) is 60.8 Å². The van der Waals surface area contributed by atoms with Crippen LogP contribution in [0.4, 0.5) is 0 Å². The minimum absolute atomic E-state index is 0.124. The molecule has 0 bridgehead atoms. The molecule has 10 heteroatoms. The van der Waals surface area contributed by atoms with Crippen molar-refractivity contribution < 1.29 is 19.5 Å². The molecule has 0 radical (unpaired) electrons. The largest absolute Gasteiger partial charge is 0.383 e. The van der Waals surface area contributed by atoms with Crippen LogP contribution in [0.25, 0.3) is 5.69 Å². The number of aliphatic hydroxyl groups excluding tert-OH is 1. The topological polar surface area (TPSA) is 110 Å². The van der Waals surface area contributed by atoms with E-state index in [0.29, 0.717) is 24.3 Å². The summed E-state index contributed by atoms with van der Waals surface area (Å²) in [6, 6.07) is 4.60. The van der Waals surface area contributed by atoms with Crippen molar-refractivity contribution in [3.05, 3.63) is 35.1 Å². The van der Waals surface area contributed by atoms with Gasteiger partial charge in [-0.05, 0) is 47.0 Å². The minimum Gasteiger partial charge on any atom is -0.383 e. The van der Waals surface area contributed by atoms with Gasteiger partial charge in [0.15, 0.2) is 5.78 Å². The van der Waals surface area contributed by atoms with Crippen LogP contribution < -0.4 is 0 Å². The molecular weight excluding hydrogens is 398 g/mol. The van der Waals surface area contributed by atoms with Crippen LogP contribution in [0.2, 0.25) is 5.02 Å². The number of halogens is 1. The summed E-state index contributed by atoms with van der Waals surface area (Å²) in [6.07, 6.45) is 3.29. The minimum atomic E-state index is -1.15. The van der Waals surface area contributed by atoms with E-state index in [9.17, 15) is 14.7 Å². The highest BCUT2D eigenvalue weighted by Crippen LogP contribution is 2.23. The van der Waals surface area contributed by atoms with Gasteiger partial charge in [-0.2, -0.15) is 0 Å². The number of carbonyl (C=O) groups excluding carboxylic acids is 2. The zero-order valence-corrected chi connectivity index (χ0v) is 17.0. The number of rotatable bonds is 9. The van der Waals surface area contributed by atoms with E-state index < -0.39 is 18.1 Å². The lowest BCUT2D eigenvalue weighted by Gasteiger charge is -2.24. The van der Waals surface area contributed by atoms with E-state index in [1.807, 2.05) is 6.92 Å². The first-order valence-corrected chi connectivity index (χ1v) is 10.1. The molecule has 1 N–H and O–H groups in total. The Morgan fingerprint density at radius 2 is 2.24 bits per heavy atom. The molecule has 2 atom stereocenters. The molecule has 0 aliphatic carbocycles. The van der Waals surface area contributed by atoms with Crippen LogP contribution in [-0.2, 0) is 20.8 Å². The fourth-order valence-electron chi connectivity index (χ4n) is 3.32. The summed E-state index contributed by atoms with van der Waals surface area (Å²) in [5, 5.41) is 22.8. The first-order chi connectivity index (χ1) is 14.0. The molecule has 0 saturated carbocycles. The second kappa shape index (κ2) is 9.91. The number of aliphatic hydroxyl groups is 1. The van der Waals surface area contributed by atoms with Gasteiger partial charge >= 0.3 is 0 Å². The standard InChI is InChI=1S/C19H24ClN5O4/c1-2-3-4-18(27)19(28)25-16(9-10-29-25)17(26)8-5-13-11-14(20)6-7-15(13)24-12-21-22-23-24/h6-7,11-12,16,18,27H,2-5,8-10H2,1H3/t16-,18+/m0/s1. The molecular formula is C19H24ClN5O4. The predicted molar refractivity (Wildman–Crippen MR) is 104 cm³/mol. The molecule has 0 unspecified atom stereocenters. The van der Waals surface area contributed by atoms with Crippen LogP contribution in [0, 0.1) is 0 Å². The van der Waals surface area contributed by atoms with Crippen molar-refractivity contribution in [3.63, 3.8) is 0 Å². The average molecular weight is 422 g/mol. The highest BCUT2D eigenvalue weighted by atomic mass is 35.5. The number of tetrazole rings is 1. The quantitative estimate of drug-likeness (QED) is 0.658. The number of aryl methyl sites for hydroxylation is 1. The van der Waals surface area contributed by atoms with E-state index in [1.165, 1.54) is 11.0 Å². The molecule has 9 nitrogen and oxygen atoms in total. The SMILES string of the molecule is CCCC[C@@H](O)C(=O)N1OCC[C@H]1C(=O)CCc1cc(Cl)ccc1-n1cnnn1. The summed E-state index contributed by atoms with van der Waals surface area (Å²) >= 11 is 6.12. The lowest BCUT2D eigenvalue weighted by atomic mass is 10.00. The zero-order chi connectivity index (χ0) is 20.8. The number of benzene rings is 1. The van der Waals surface area contributed by atoms with Crippen LogP contribution in [0.1, 0.15) is 44.6 Å². The summed E-state index contributed by atoms with van der Waals surface area (Å²) in [5.41, 5.74) is 1.55. The first kappa shape index (κ1) is 21.4. The lowest BCUT2D eigenvalue weighted by molar-refractivity contribution is -0.187. The smallest absolute Gasteiger partial charge is 0.275 e. The van der Waals surface area contributed by atoms with Crippen LogP contribution >= 0.6 is 11.6 Å². The van der Waals surface area contributed by atoms with Crippen LogP contribution in [0.5, 0.6) is 0 Å². The third kappa shape index (κ3) is 5.17. The Morgan fingerprint density at radius 1 is 1.41 bits per heavy atom. The Morgan fingerprint density at radius 3 is 2.97 bits per heavy atom. The highest BCUT2D eigenvalue weighted by Gasteiger charge is 2.37. The van der Waals surface area contributed by atoms with Gasteiger partial charge in [0, 0.05) is 17.9 Å². The molecule has 1 aliphatic rings. The summed E-state index contributed by atoms with van der Waals surface area (Å²) in [6.45, 7) is 2.25. The fraction of sp³-hybridized carbons (Fsp3) is 0.526. The van der Waals surface area contributed by atoms with Crippen molar-refractivity contribution in [2.24, 2.45) is 0 Å². The van der Waals surface area contributed by atoms with Gasteiger partial charge < -0.3 is 5.11 Å². The number of carbonyl (C=O) groups is 2. The van der Waals surface area contributed by atoms with E-state index in [2.05, 4.69) is 15.5 Å². The van der Waals surface area contributed by atoms with E-state index >= 15 is 0 Å². The number of unbranched alkanes of at least 4 members (excludes halogenated alkanes) is 1. The number of hydrogen-bond acceptors (Lipinski definition) is 7. The lowest BCUT2D eigenvalue weighted by Crippen LogP contribution is -2.44.